The molecule has 5 N–H and O–H groups in total. The van der Waals surface area contributed by atoms with Crippen LogP contribution in [0.4, 0.5) is 4.39 Å². The Labute approximate surface area is 166 Å². The van der Waals surface area contributed by atoms with Crippen LogP contribution in [0.3, 0.4) is 0 Å². The fraction of sp³-hybridized carbons (Fsp3) is 0.211. The van der Waals surface area contributed by atoms with Gasteiger partial charge >= 0.3 is 0 Å². The number of carbonyl (C=O) groups is 2. The molecule has 0 unspecified atom stereocenters. The summed E-state index contributed by atoms with van der Waals surface area (Å²) >= 11 is 5.79. The Kier molecular flexibility index (Phi) is 6.94. The van der Waals surface area contributed by atoms with Crippen molar-refractivity contribution in [3.05, 3.63) is 63.4 Å². The van der Waals surface area contributed by atoms with Gasteiger partial charge in [0.2, 0.25) is 0 Å². The molecular formula is C19H20ClFN4O3. The minimum Gasteiger partial charge on any atom is -0.483 e. The van der Waals surface area contributed by atoms with E-state index in [0.29, 0.717) is 16.9 Å². The van der Waals surface area contributed by atoms with Gasteiger partial charge in [-0.3, -0.25) is 15.0 Å². The van der Waals surface area contributed by atoms with Gasteiger partial charge in [0.15, 0.2) is 6.61 Å². The van der Waals surface area contributed by atoms with Gasteiger partial charge in [-0.15, -0.1) is 0 Å². The molecule has 7 nitrogen and oxygen atoms in total. The summed E-state index contributed by atoms with van der Waals surface area (Å²) in [7, 11) is 1.48. The Bertz CT molecular complexity index is 910. The van der Waals surface area contributed by atoms with Crippen LogP contribution in [0.2, 0.25) is 5.02 Å². The molecule has 0 aliphatic rings. The summed E-state index contributed by atoms with van der Waals surface area (Å²) in [5, 5.41) is 12.5. The number of nitrogens with one attached hydrogen (secondary N) is 3. The summed E-state index contributed by atoms with van der Waals surface area (Å²) in [6.45, 7) is 1.36. The van der Waals surface area contributed by atoms with Crippen LogP contribution in [0, 0.1) is 18.2 Å². The largest absolute Gasteiger partial charge is 0.483 e. The summed E-state index contributed by atoms with van der Waals surface area (Å²) < 4.78 is 19.1. The lowest BCUT2D eigenvalue weighted by atomic mass is 10.1. The van der Waals surface area contributed by atoms with Gasteiger partial charge in [0, 0.05) is 30.3 Å². The number of carbonyl (C=O) groups excluding carboxylic acids is 2. The quantitative estimate of drug-likeness (QED) is 0.416. The first-order valence-corrected chi connectivity index (χ1v) is 8.65. The van der Waals surface area contributed by atoms with Crippen LogP contribution < -0.4 is 21.1 Å². The zero-order valence-electron chi connectivity index (χ0n) is 15.4. The molecule has 148 valence electrons. The number of nitrogens with two attached hydrogens (primary N) is 1. The first-order chi connectivity index (χ1) is 13.2. The Morgan fingerprint density at radius 1 is 1.25 bits per heavy atom. The fourth-order valence-electron chi connectivity index (χ4n) is 2.35. The highest BCUT2D eigenvalue weighted by Crippen LogP contribution is 2.22. The van der Waals surface area contributed by atoms with E-state index < -0.39 is 11.7 Å². The molecule has 9 heteroatoms. The maximum absolute atomic E-state index is 13.6. The van der Waals surface area contributed by atoms with Crippen molar-refractivity contribution >= 4 is 29.3 Å². The van der Waals surface area contributed by atoms with Crippen LogP contribution >= 0.6 is 11.6 Å². The van der Waals surface area contributed by atoms with Crippen LogP contribution in [-0.4, -0.2) is 31.3 Å². The van der Waals surface area contributed by atoms with E-state index in [2.05, 4.69) is 10.6 Å². The zero-order chi connectivity index (χ0) is 20.8. The molecule has 0 spiro atoms. The van der Waals surface area contributed by atoms with Crippen LogP contribution in [0.15, 0.2) is 30.3 Å². The number of likely N-dealkylation sites (N-methyl/N-ethyl adjacent to an activating group) is 1. The van der Waals surface area contributed by atoms with Crippen molar-refractivity contribution in [3.63, 3.8) is 0 Å². The number of hydrogen-bond acceptors (Lipinski definition) is 4. The number of amidine groups is 1. The van der Waals surface area contributed by atoms with Gasteiger partial charge in [-0.05, 0) is 30.7 Å². The molecule has 0 heterocycles. The molecule has 0 atom stereocenters. The number of benzene rings is 2. The molecule has 0 saturated carbocycles. The summed E-state index contributed by atoms with van der Waals surface area (Å²) in [6, 6.07) is 7.42. The van der Waals surface area contributed by atoms with Crippen molar-refractivity contribution in [1.29, 1.82) is 5.41 Å². The Balaban J connectivity index is 2.19. The lowest BCUT2D eigenvalue weighted by Crippen LogP contribution is -2.26. The summed E-state index contributed by atoms with van der Waals surface area (Å²) in [4.78, 5) is 23.8. The Hall–Kier alpha value is -3.13. The van der Waals surface area contributed by atoms with E-state index in [1.165, 1.54) is 32.2 Å². The molecule has 0 aliphatic carbocycles. The standard InChI is InChI=1S/C19H20ClFN4O3/c1-10-5-13(6-14(20)17(10)21)19(27)25-8-12-4-3-11(18(22)23)7-15(12)28-9-16(26)24-2/h3-7H,8-9H2,1-2H3,(H3,22,23)(H,24,26)(H,25,27). The highest BCUT2D eigenvalue weighted by molar-refractivity contribution is 6.31. The monoisotopic (exact) mass is 406 g/mol. The Morgan fingerprint density at radius 2 is 1.96 bits per heavy atom. The fourth-order valence-corrected chi connectivity index (χ4v) is 2.62. The molecule has 0 aliphatic heterocycles. The number of aryl methyl sites for hydroxylation is 1. The van der Waals surface area contributed by atoms with Crippen molar-refractivity contribution in [2.24, 2.45) is 5.73 Å². The first kappa shape index (κ1) is 21.2. The predicted octanol–water partition coefficient (Wildman–Crippen LogP) is 2.13. The van der Waals surface area contributed by atoms with Gasteiger partial charge in [-0.2, -0.15) is 0 Å². The molecule has 2 aromatic carbocycles. The van der Waals surface area contributed by atoms with Gasteiger partial charge in [0.1, 0.15) is 17.4 Å². The van der Waals surface area contributed by atoms with E-state index in [1.807, 2.05) is 0 Å². The van der Waals surface area contributed by atoms with E-state index in [4.69, 9.17) is 27.5 Å². The van der Waals surface area contributed by atoms with Gasteiger partial charge in [0.25, 0.3) is 11.8 Å². The average molecular weight is 407 g/mol. The van der Waals surface area contributed by atoms with Crippen LogP contribution in [0.25, 0.3) is 0 Å². The van der Waals surface area contributed by atoms with Crippen LogP contribution in [-0.2, 0) is 11.3 Å². The molecule has 2 rings (SSSR count). The lowest BCUT2D eigenvalue weighted by molar-refractivity contribution is -0.122. The minimum absolute atomic E-state index is 0.0775. The van der Waals surface area contributed by atoms with Gasteiger partial charge in [0.05, 0.1) is 5.02 Å². The van der Waals surface area contributed by atoms with E-state index in [-0.39, 0.29) is 41.0 Å². The molecule has 2 aromatic rings. The predicted molar refractivity (Wildman–Crippen MR) is 104 cm³/mol. The molecule has 0 bridgehead atoms. The number of amides is 2. The SMILES string of the molecule is CNC(=O)COc1cc(C(=N)N)ccc1CNC(=O)c1cc(C)c(F)c(Cl)c1. The molecule has 0 saturated heterocycles. The summed E-state index contributed by atoms with van der Waals surface area (Å²) in [6.07, 6.45) is 0. The Morgan fingerprint density at radius 3 is 2.57 bits per heavy atom. The summed E-state index contributed by atoms with van der Waals surface area (Å²) in [5.41, 5.74) is 6.97. The maximum atomic E-state index is 13.6. The molecule has 2 amide bonds. The number of rotatable bonds is 7. The summed E-state index contributed by atoms with van der Waals surface area (Å²) in [5.74, 6) is -1.19. The van der Waals surface area contributed by atoms with Crippen LogP contribution in [0.5, 0.6) is 5.75 Å². The van der Waals surface area contributed by atoms with Gasteiger partial charge < -0.3 is 21.1 Å². The molecule has 0 fully saturated rings. The van der Waals surface area contributed by atoms with Gasteiger partial charge in [-0.25, -0.2) is 4.39 Å². The topological polar surface area (TPSA) is 117 Å². The molecular weight excluding hydrogens is 387 g/mol. The van der Waals surface area contributed by atoms with Crippen molar-refractivity contribution < 1.29 is 18.7 Å². The highest BCUT2D eigenvalue weighted by atomic mass is 35.5. The molecule has 0 radical (unpaired) electrons. The van der Waals surface area contributed by atoms with E-state index in [0.717, 1.165) is 0 Å². The minimum atomic E-state index is -0.567. The number of nitrogen functional groups attached to an aromatic ring is 1. The first-order valence-electron chi connectivity index (χ1n) is 8.27. The molecule has 0 aromatic heterocycles. The third kappa shape index (κ3) is 5.20. The van der Waals surface area contributed by atoms with Crippen molar-refractivity contribution in [1.82, 2.24) is 10.6 Å². The van der Waals surface area contributed by atoms with E-state index in [1.54, 1.807) is 12.1 Å². The maximum Gasteiger partial charge on any atom is 0.257 e. The second kappa shape index (κ2) is 9.18. The number of halogens is 2. The lowest BCUT2D eigenvalue weighted by Gasteiger charge is -2.14. The van der Waals surface area contributed by atoms with Crippen molar-refractivity contribution in [2.75, 3.05) is 13.7 Å². The second-order valence-electron chi connectivity index (χ2n) is 5.97. The zero-order valence-corrected chi connectivity index (χ0v) is 16.1. The van der Waals surface area contributed by atoms with Crippen molar-refractivity contribution in [3.8, 4) is 5.75 Å². The second-order valence-corrected chi connectivity index (χ2v) is 6.38. The van der Waals surface area contributed by atoms with E-state index >= 15 is 0 Å². The smallest absolute Gasteiger partial charge is 0.257 e. The average Bonchev–Trinajstić information content (AvgIpc) is 2.67. The van der Waals surface area contributed by atoms with Crippen molar-refractivity contribution in [2.45, 2.75) is 13.5 Å². The third-order valence-corrected chi connectivity index (χ3v) is 4.20. The number of hydrogen-bond donors (Lipinski definition) is 4. The van der Waals surface area contributed by atoms with Crippen LogP contribution in [0.1, 0.15) is 27.0 Å². The molecule has 28 heavy (non-hydrogen) atoms. The normalized spacial score (nSPS) is 10.3. The third-order valence-electron chi connectivity index (χ3n) is 3.93. The van der Waals surface area contributed by atoms with E-state index in [9.17, 15) is 14.0 Å². The van der Waals surface area contributed by atoms with Gasteiger partial charge in [-0.1, -0.05) is 23.7 Å². The number of ether oxygens (including phenoxy) is 1. The highest BCUT2D eigenvalue weighted by Gasteiger charge is 2.14.